The molecule has 0 atom stereocenters. The molecule has 2 amide bonds. The molecule has 9 heteroatoms. The van der Waals surface area contributed by atoms with Crippen LogP contribution in [0, 0.1) is 0 Å². The third kappa shape index (κ3) is 5.58. The van der Waals surface area contributed by atoms with Gasteiger partial charge < -0.3 is 19.8 Å². The summed E-state index contributed by atoms with van der Waals surface area (Å²) in [4.78, 5) is 32.8. The Morgan fingerprint density at radius 2 is 1.72 bits per heavy atom. The van der Waals surface area contributed by atoms with Crippen LogP contribution in [0.4, 0.5) is 16.4 Å². The largest absolute Gasteiger partial charge is 0.484 e. The van der Waals surface area contributed by atoms with Crippen LogP contribution in [0.3, 0.4) is 0 Å². The van der Waals surface area contributed by atoms with Crippen LogP contribution in [0.1, 0.15) is 0 Å². The minimum absolute atomic E-state index is 0.0580. The second-order valence-corrected chi connectivity index (χ2v) is 7.80. The zero-order valence-corrected chi connectivity index (χ0v) is 17.9. The van der Waals surface area contributed by atoms with Gasteiger partial charge in [0.15, 0.2) is 6.61 Å². The molecule has 0 spiro atoms. The number of nitrogens with one attached hydrogen (secondary N) is 3. The van der Waals surface area contributed by atoms with Crippen LogP contribution in [0.15, 0.2) is 82.6 Å². The topological polar surface area (TPSA) is 105 Å². The molecule has 0 radical (unpaired) electrons. The number of fused-ring (bicyclic) bond motifs is 1. The Labute approximate surface area is 188 Å². The van der Waals surface area contributed by atoms with Gasteiger partial charge in [-0.3, -0.25) is 10.1 Å². The molecular weight excluding hydrogens is 428 g/mol. The highest BCUT2D eigenvalue weighted by atomic mass is 32.2. The third-order valence-electron chi connectivity index (χ3n) is 4.35. The number of aromatic amines is 1. The lowest BCUT2D eigenvalue weighted by Gasteiger charge is -2.08. The van der Waals surface area contributed by atoms with Crippen LogP contribution in [0.25, 0.3) is 11.0 Å². The Hall–Kier alpha value is -3.98. The van der Waals surface area contributed by atoms with Crippen molar-refractivity contribution in [2.75, 3.05) is 24.4 Å². The van der Waals surface area contributed by atoms with Crippen LogP contribution in [0.5, 0.6) is 5.75 Å². The molecule has 4 aromatic rings. The van der Waals surface area contributed by atoms with Gasteiger partial charge in [0.25, 0.3) is 5.91 Å². The molecular formula is C23H20N4O4S. The summed E-state index contributed by atoms with van der Waals surface area (Å²) in [5, 5.41) is 5.33. The van der Waals surface area contributed by atoms with E-state index in [0.717, 1.165) is 20.8 Å². The van der Waals surface area contributed by atoms with E-state index < -0.39 is 6.09 Å². The molecule has 32 heavy (non-hydrogen) atoms. The maximum Gasteiger partial charge on any atom is 0.413 e. The van der Waals surface area contributed by atoms with E-state index in [1.807, 2.05) is 60.7 Å². The lowest BCUT2D eigenvalue weighted by atomic mass is 10.3. The van der Waals surface area contributed by atoms with Crippen molar-refractivity contribution in [3.63, 3.8) is 0 Å². The fourth-order valence-corrected chi connectivity index (χ4v) is 3.72. The first-order chi connectivity index (χ1) is 15.6. The van der Waals surface area contributed by atoms with Crippen LogP contribution < -0.4 is 15.4 Å². The minimum Gasteiger partial charge on any atom is -0.484 e. The van der Waals surface area contributed by atoms with Gasteiger partial charge in [-0.25, -0.2) is 9.78 Å². The summed E-state index contributed by atoms with van der Waals surface area (Å²) in [5.41, 5.74) is 2.22. The normalized spacial score (nSPS) is 10.5. The van der Waals surface area contributed by atoms with Gasteiger partial charge in [0.2, 0.25) is 5.95 Å². The van der Waals surface area contributed by atoms with Crippen molar-refractivity contribution in [1.82, 2.24) is 9.97 Å². The van der Waals surface area contributed by atoms with E-state index in [4.69, 9.17) is 4.74 Å². The quantitative estimate of drug-likeness (QED) is 0.371. The molecule has 0 saturated carbocycles. The van der Waals surface area contributed by atoms with Gasteiger partial charge in [-0.2, -0.15) is 0 Å². The monoisotopic (exact) mass is 448 g/mol. The fraction of sp³-hybridized carbons (Fsp3) is 0.0870. The van der Waals surface area contributed by atoms with Gasteiger partial charge in [-0.1, -0.05) is 30.0 Å². The molecule has 1 aromatic heterocycles. The van der Waals surface area contributed by atoms with Crippen LogP contribution in [-0.4, -0.2) is 35.7 Å². The van der Waals surface area contributed by atoms with E-state index in [-0.39, 0.29) is 12.5 Å². The Kier molecular flexibility index (Phi) is 6.57. The molecule has 1 heterocycles. The van der Waals surface area contributed by atoms with Crippen molar-refractivity contribution in [3.05, 3.63) is 72.8 Å². The number of carbonyl (C=O) groups excluding carboxylic acids is 2. The zero-order chi connectivity index (χ0) is 22.3. The highest BCUT2D eigenvalue weighted by Crippen LogP contribution is 2.30. The van der Waals surface area contributed by atoms with E-state index in [9.17, 15) is 9.59 Å². The molecule has 3 aromatic carbocycles. The molecule has 0 fully saturated rings. The summed E-state index contributed by atoms with van der Waals surface area (Å²) in [7, 11) is 1.29. The van der Waals surface area contributed by atoms with Gasteiger partial charge in [0, 0.05) is 15.5 Å². The SMILES string of the molecule is COC(=O)Nc1nc2ccc(Sc3ccc(NC(=O)COc4ccccc4)cc3)cc2[nH]1. The smallest absolute Gasteiger partial charge is 0.413 e. The number of ether oxygens (including phenoxy) is 2. The molecule has 162 valence electrons. The van der Waals surface area contributed by atoms with Crippen molar-refractivity contribution in [3.8, 4) is 5.75 Å². The molecule has 0 aliphatic carbocycles. The Morgan fingerprint density at radius 1 is 0.969 bits per heavy atom. The highest BCUT2D eigenvalue weighted by Gasteiger charge is 2.08. The number of nitrogens with zero attached hydrogens (tertiary/aromatic N) is 1. The average Bonchev–Trinajstić information content (AvgIpc) is 3.21. The van der Waals surface area contributed by atoms with Crippen molar-refractivity contribution in [2.24, 2.45) is 0 Å². The maximum atomic E-state index is 12.1. The van der Waals surface area contributed by atoms with Crippen molar-refractivity contribution in [1.29, 1.82) is 0 Å². The maximum absolute atomic E-state index is 12.1. The Morgan fingerprint density at radius 3 is 2.47 bits per heavy atom. The van der Waals surface area contributed by atoms with E-state index in [0.29, 0.717) is 17.4 Å². The second-order valence-electron chi connectivity index (χ2n) is 6.66. The predicted octanol–water partition coefficient (Wildman–Crippen LogP) is 4.91. The number of para-hydroxylation sites is 1. The summed E-state index contributed by atoms with van der Waals surface area (Å²) in [6.07, 6.45) is -0.586. The number of rotatable bonds is 7. The molecule has 0 saturated heterocycles. The van der Waals surface area contributed by atoms with Crippen molar-refractivity contribution >= 4 is 46.4 Å². The molecule has 0 unspecified atom stereocenters. The van der Waals surface area contributed by atoms with Crippen molar-refractivity contribution in [2.45, 2.75) is 9.79 Å². The van der Waals surface area contributed by atoms with Gasteiger partial charge in [-0.05, 0) is 54.6 Å². The van der Waals surface area contributed by atoms with E-state index in [2.05, 4.69) is 25.3 Å². The summed E-state index contributed by atoms with van der Waals surface area (Å²) >= 11 is 1.57. The first-order valence-corrected chi connectivity index (χ1v) is 10.5. The number of aromatic nitrogens is 2. The number of anilines is 2. The number of benzene rings is 3. The Balaban J connectivity index is 1.34. The van der Waals surface area contributed by atoms with Gasteiger partial charge in [0.1, 0.15) is 5.75 Å². The molecule has 0 aliphatic heterocycles. The highest BCUT2D eigenvalue weighted by molar-refractivity contribution is 7.99. The first-order valence-electron chi connectivity index (χ1n) is 9.69. The Bertz CT molecular complexity index is 1230. The van der Waals surface area contributed by atoms with Crippen LogP contribution in [0.2, 0.25) is 0 Å². The van der Waals surface area contributed by atoms with E-state index in [1.54, 1.807) is 23.9 Å². The van der Waals surface area contributed by atoms with Crippen LogP contribution >= 0.6 is 11.8 Å². The van der Waals surface area contributed by atoms with Gasteiger partial charge in [0.05, 0.1) is 18.1 Å². The number of H-pyrrole nitrogens is 1. The number of imidazole rings is 1. The van der Waals surface area contributed by atoms with E-state index in [1.165, 1.54) is 7.11 Å². The lowest BCUT2D eigenvalue weighted by molar-refractivity contribution is -0.118. The third-order valence-corrected chi connectivity index (χ3v) is 5.34. The summed E-state index contributed by atoms with van der Waals surface area (Å²) in [6, 6.07) is 22.5. The number of hydrogen-bond acceptors (Lipinski definition) is 6. The first kappa shape index (κ1) is 21.3. The summed E-state index contributed by atoms with van der Waals surface area (Å²) in [5.74, 6) is 0.748. The molecule has 0 aliphatic rings. The second kappa shape index (κ2) is 9.88. The lowest BCUT2D eigenvalue weighted by Crippen LogP contribution is -2.20. The van der Waals surface area contributed by atoms with Crippen LogP contribution in [-0.2, 0) is 9.53 Å². The standard InChI is InChI=1S/C23H20N4O4S/c1-30-23(29)27-22-25-19-12-11-18(13-20(19)26-22)32-17-9-7-15(8-10-17)24-21(28)14-31-16-5-3-2-4-6-16/h2-13H,14H2,1H3,(H,24,28)(H2,25,26,27,29). The predicted molar refractivity (Wildman–Crippen MR) is 123 cm³/mol. The van der Waals surface area contributed by atoms with Gasteiger partial charge >= 0.3 is 6.09 Å². The molecule has 3 N–H and O–H groups in total. The molecule has 0 bridgehead atoms. The van der Waals surface area contributed by atoms with E-state index >= 15 is 0 Å². The fourth-order valence-electron chi connectivity index (χ4n) is 2.86. The number of hydrogen-bond donors (Lipinski definition) is 3. The minimum atomic E-state index is -0.586. The summed E-state index contributed by atoms with van der Waals surface area (Å²) in [6.45, 7) is -0.0580. The number of amides is 2. The number of carbonyl (C=O) groups is 2. The molecule has 8 nitrogen and oxygen atoms in total. The van der Waals surface area contributed by atoms with Gasteiger partial charge in [-0.15, -0.1) is 0 Å². The number of methoxy groups -OCH3 is 1. The zero-order valence-electron chi connectivity index (χ0n) is 17.1. The molecule has 4 rings (SSSR count). The average molecular weight is 449 g/mol. The van der Waals surface area contributed by atoms with Crippen molar-refractivity contribution < 1.29 is 19.1 Å². The summed E-state index contributed by atoms with van der Waals surface area (Å²) < 4.78 is 10.0.